The van der Waals surface area contributed by atoms with Crippen LogP contribution in [-0.4, -0.2) is 58.6 Å². The number of ether oxygens (including phenoxy) is 2. The van der Waals surface area contributed by atoms with Crippen LogP contribution in [0.15, 0.2) is 51.6 Å². The first-order valence-electron chi connectivity index (χ1n) is 12.5. The lowest BCUT2D eigenvalue weighted by molar-refractivity contribution is -0.151. The lowest BCUT2D eigenvalue weighted by atomic mass is 9.93. The molecule has 4 rings (SSSR count). The molecule has 1 fully saturated rings. The summed E-state index contributed by atoms with van der Waals surface area (Å²) in [6.45, 7) is 8.47. The molecule has 0 saturated carbocycles. The maximum atomic E-state index is 13.4. The van der Waals surface area contributed by atoms with Crippen LogP contribution in [0, 0.1) is 5.92 Å². The number of thioether (sulfide) groups is 1. The molecule has 37 heavy (non-hydrogen) atoms. The lowest BCUT2D eigenvalue weighted by Crippen LogP contribution is -2.44. The van der Waals surface area contributed by atoms with Crippen LogP contribution in [0.25, 0.3) is 0 Å². The number of likely N-dealkylation sites (tertiary alicyclic amines) is 1. The van der Waals surface area contributed by atoms with Gasteiger partial charge >= 0.3 is 11.9 Å². The number of allylic oxidation sites excluding steroid dienone is 1. The van der Waals surface area contributed by atoms with Crippen molar-refractivity contribution in [3.05, 3.63) is 57.2 Å². The van der Waals surface area contributed by atoms with Crippen LogP contribution in [0.2, 0.25) is 5.02 Å². The summed E-state index contributed by atoms with van der Waals surface area (Å²) in [5, 5.41) is 3.20. The Morgan fingerprint density at radius 3 is 2.62 bits per heavy atom. The molecule has 0 bridgehead atoms. The topological polar surface area (TPSA) is 88.5 Å². The molecular weight excluding hydrogens is 514 g/mol. The molecule has 8 nitrogen and oxygen atoms in total. The molecule has 3 aliphatic heterocycles. The van der Waals surface area contributed by atoms with Crippen molar-refractivity contribution in [3.63, 3.8) is 0 Å². The second-order valence-corrected chi connectivity index (χ2v) is 10.8. The van der Waals surface area contributed by atoms with Crippen molar-refractivity contribution in [2.75, 3.05) is 19.7 Å². The highest BCUT2D eigenvalue weighted by molar-refractivity contribution is 8.16. The molecule has 3 aliphatic rings. The third-order valence-electron chi connectivity index (χ3n) is 6.48. The third kappa shape index (κ3) is 6.04. The number of hydrogen-bond donors (Lipinski definition) is 0. The average Bonchev–Trinajstić information content (AvgIpc) is 3.25. The first kappa shape index (κ1) is 27.3. The van der Waals surface area contributed by atoms with Gasteiger partial charge in [0.05, 0.1) is 42.4 Å². The number of aliphatic imine (C=N–C) groups is 1. The van der Waals surface area contributed by atoms with Gasteiger partial charge in [0.15, 0.2) is 5.17 Å². The zero-order valence-corrected chi connectivity index (χ0v) is 23.1. The molecule has 0 aliphatic carbocycles. The number of piperidine rings is 1. The van der Waals surface area contributed by atoms with Gasteiger partial charge in [0.2, 0.25) is 5.91 Å². The molecule has 198 valence electrons. The van der Waals surface area contributed by atoms with Crippen molar-refractivity contribution < 1.29 is 23.9 Å². The van der Waals surface area contributed by atoms with Gasteiger partial charge in [-0.2, -0.15) is 0 Å². The van der Waals surface area contributed by atoms with E-state index in [1.54, 1.807) is 44.7 Å². The maximum Gasteiger partial charge on any atom is 0.338 e. The summed E-state index contributed by atoms with van der Waals surface area (Å²) in [4.78, 5) is 47.3. The molecule has 1 aromatic carbocycles. The van der Waals surface area contributed by atoms with Crippen molar-refractivity contribution >= 4 is 46.4 Å². The van der Waals surface area contributed by atoms with Gasteiger partial charge in [-0.05, 0) is 63.6 Å². The Morgan fingerprint density at radius 1 is 1.22 bits per heavy atom. The van der Waals surface area contributed by atoms with Crippen LogP contribution in [0.4, 0.5) is 0 Å². The molecule has 2 atom stereocenters. The van der Waals surface area contributed by atoms with E-state index < -0.39 is 12.0 Å². The summed E-state index contributed by atoms with van der Waals surface area (Å²) >= 11 is 7.58. The highest BCUT2D eigenvalue weighted by atomic mass is 35.5. The maximum absolute atomic E-state index is 13.4. The first-order chi connectivity index (χ1) is 17.7. The van der Waals surface area contributed by atoms with Crippen LogP contribution in [0.3, 0.4) is 0 Å². The number of rotatable bonds is 7. The average molecular weight is 546 g/mol. The number of fused-ring (bicyclic) bond motifs is 1. The fraction of sp³-hybridized carbons (Fsp3) is 0.481. The second-order valence-electron chi connectivity index (χ2n) is 9.51. The molecule has 1 saturated heterocycles. The van der Waals surface area contributed by atoms with Gasteiger partial charge in [-0.25, -0.2) is 9.79 Å². The van der Waals surface area contributed by atoms with E-state index in [4.69, 9.17) is 26.1 Å². The smallest absolute Gasteiger partial charge is 0.338 e. The number of carbonyl (C=O) groups excluding carboxylic acids is 3. The minimum Gasteiger partial charge on any atom is -0.466 e. The fourth-order valence-corrected chi connectivity index (χ4v) is 5.88. The standard InChI is InChI=1S/C27H32ClN3O5S/c1-5-35-25(33)19-7-6-12-30(14-19)22(32)13-21-15-37-27-29-17(4)23(26(34)36-16(2)3)24(31(21)27)18-8-10-20(28)11-9-18/h8-11,15-16,19,24H,5-7,12-14H2,1-4H3/t19-,24+/m0/s1. The molecule has 1 amide bonds. The van der Waals surface area contributed by atoms with E-state index in [9.17, 15) is 14.4 Å². The second kappa shape index (κ2) is 11.7. The number of hydrogen-bond acceptors (Lipinski definition) is 8. The zero-order chi connectivity index (χ0) is 26.7. The number of carbonyl (C=O) groups is 3. The van der Waals surface area contributed by atoms with Crippen molar-refractivity contribution in [1.29, 1.82) is 0 Å². The predicted molar refractivity (Wildman–Crippen MR) is 144 cm³/mol. The van der Waals surface area contributed by atoms with Crippen LogP contribution < -0.4 is 0 Å². The highest BCUT2D eigenvalue weighted by Crippen LogP contribution is 2.45. The molecule has 0 radical (unpaired) electrons. The number of benzene rings is 1. The summed E-state index contributed by atoms with van der Waals surface area (Å²) < 4.78 is 10.8. The van der Waals surface area contributed by atoms with Gasteiger partial charge < -0.3 is 19.3 Å². The summed E-state index contributed by atoms with van der Waals surface area (Å²) in [7, 11) is 0. The Balaban J connectivity index is 1.60. The van der Waals surface area contributed by atoms with E-state index in [-0.39, 0.29) is 30.3 Å². The highest BCUT2D eigenvalue weighted by Gasteiger charge is 2.42. The van der Waals surface area contributed by atoms with Crippen molar-refractivity contribution in [1.82, 2.24) is 9.80 Å². The number of esters is 2. The van der Waals surface area contributed by atoms with Crippen LogP contribution in [0.5, 0.6) is 0 Å². The number of amidine groups is 1. The van der Waals surface area contributed by atoms with E-state index in [1.165, 1.54) is 11.8 Å². The van der Waals surface area contributed by atoms with E-state index in [0.717, 1.165) is 17.7 Å². The molecular formula is C27H32ClN3O5S. The molecule has 0 spiro atoms. The van der Waals surface area contributed by atoms with Crippen LogP contribution in [-0.2, 0) is 23.9 Å². The summed E-state index contributed by atoms with van der Waals surface area (Å²) in [5.41, 5.74) is 2.60. The van der Waals surface area contributed by atoms with Gasteiger partial charge in [0.1, 0.15) is 0 Å². The lowest BCUT2D eigenvalue weighted by Gasteiger charge is -2.37. The monoisotopic (exact) mass is 545 g/mol. The Hall–Kier alpha value is -2.78. The zero-order valence-electron chi connectivity index (χ0n) is 21.5. The largest absolute Gasteiger partial charge is 0.466 e. The third-order valence-corrected chi connectivity index (χ3v) is 7.62. The Bertz CT molecular complexity index is 1160. The van der Waals surface area contributed by atoms with E-state index in [2.05, 4.69) is 0 Å². The van der Waals surface area contributed by atoms with E-state index in [0.29, 0.717) is 47.6 Å². The molecule has 3 heterocycles. The SMILES string of the molecule is CCOC(=O)[C@H]1CCCN(C(=O)CC2=CSC3=NC(C)=C(C(=O)OC(C)C)[C@@H](c4ccc(Cl)cc4)N23)C1. The Labute approximate surface area is 226 Å². The molecule has 0 N–H and O–H groups in total. The van der Waals surface area contributed by atoms with Crippen molar-refractivity contribution in [3.8, 4) is 0 Å². The van der Waals surface area contributed by atoms with Crippen molar-refractivity contribution in [2.24, 2.45) is 10.9 Å². The Kier molecular flexibility index (Phi) is 8.64. The number of halogens is 1. The normalized spacial score (nSPS) is 21.5. The van der Waals surface area contributed by atoms with E-state index in [1.807, 2.05) is 22.4 Å². The minimum absolute atomic E-state index is 0.0745. The fourth-order valence-electron chi connectivity index (χ4n) is 4.79. The Morgan fingerprint density at radius 2 is 1.95 bits per heavy atom. The van der Waals surface area contributed by atoms with E-state index >= 15 is 0 Å². The summed E-state index contributed by atoms with van der Waals surface area (Å²) in [6, 6.07) is 6.80. The van der Waals surface area contributed by atoms with Gasteiger partial charge in [-0.3, -0.25) is 9.59 Å². The van der Waals surface area contributed by atoms with Crippen LogP contribution in [0.1, 0.15) is 58.6 Å². The van der Waals surface area contributed by atoms with Gasteiger partial charge in [-0.1, -0.05) is 35.5 Å². The molecule has 0 unspecified atom stereocenters. The number of amides is 1. The predicted octanol–water partition coefficient (Wildman–Crippen LogP) is 5.06. The summed E-state index contributed by atoms with van der Waals surface area (Å²) in [5.74, 6) is -1.07. The first-order valence-corrected chi connectivity index (χ1v) is 13.8. The van der Waals surface area contributed by atoms with Gasteiger partial charge in [0.25, 0.3) is 0 Å². The number of nitrogens with zero attached hydrogens (tertiary/aromatic N) is 3. The minimum atomic E-state index is -0.515. The summed E-state index contributed by atoms with van der Waals surface area (Å²) in [6.07, 6.45) is 1.30. The molecule has 10 heteroatoms. The van der Waals surface area contributed by atoms with Gasteiger partial charge in [-0.15, -0.1) is 0 Å². The van der Waals surface area contributed by atoms with Gasteiger partial charge in [0, 0.05) is 23.8 Å². The molecule has 1 aromatic rings. The quantitative estimate of drug-likeness (QED) is 0.442. The van der Waals surface area contributed by atoms with Crippen LogP contribution >= 0.6 is 23.4 Å². The molecule has 0 aromatic heterocycles. The van der Waals surface area contributed by atoms with Crippen molar-refractivity contribution in [2.45, 2.75) is 59.1 Å².